The summed E-state index contributed by atoms with van der Waals surface area (Å²) >= 11 is 6.05. The number of para-hydroxylation sites is 3. The van der Waals surface area contributed by atoms with E-state index in [-0.39, 0.29) is 0 Å². The van der Waals surface area contributed by atoms with Crippen molar-refractivity contribution in [2.24, 2.45) is 0 Å². The first-order chi connectivity index (χ1) is 10.8. The molecule has 2 aromatic carbocycles. The van der Waals surface area contributed by atoms with Crippen molar-refractivity contribution in [1.29, 1.82) is 0 Å². The fraction of sp³-hybridized carbons (Fsp3) is 0.333. The first kappa shape index (κ1) is 16.5. The zero-order valence-corrected chi connectivity index (χ0v) is 13.6. The molecule has 0 bridgehead atoms. The van der Waals surface area contributed by atoms with Crippen LogP contribution in [0.2, 0.25) is 5.02 Å². The number of nitrogens with one attached hydrogen (secondary N) is 1. The Kier molecular flexibility index (Phi) is 6.91. The molecule has 0 unspecified atom stereocenters. The normalized spacial score (nSPS) is 10.3. The van der Waals surface area contributed by atoms with Crippen molar-refractivity contribution in [1.82, 2.24) is 0 Å². The van der Waals surface area contributed by atoms with Gasteiger partial charge in [-0.25, -0.2) is 0 Å². The predicted molar refractivity (Wildman–Crippen MR) is 92.3 cm³/mol. The highest BCUT2D eigenvalue weighted by Gasteiger charge is 2.03. The molecule has 0 radical (unpaired) electrons. The van der Waals surface area contributed by atoms with Crippen molar-refractivity contribution < 1.29 is 9.47 Å². The largest absolute Gasteiger partial charge is 0.491 e. The summed E-state index contributed by atoms with van der Waals surface area (Å²) in [6.07, 6.45) is 2.19. The third-order valence-corrected chi connectivity index (χ3v) is 3.47. The zero-order valence-electron chi connectivity index (χ0n) is 12.8. The lowest BCUT2D eigenvalue weighted by molar-refractivity contribution is 0.309. The van der Waals surface area contributed by atoms with Crippen LogP contribution in [0.15, 0.2) is 48.5 Å². The lowest BCUT2D eigenvalue weighted by Crippen LogP contribution is -2.12. The molecule has 3 nitrogen and oxygen atoms in total. The molecule has 118 valence electrons. The third-order valence-electron chi connectivity index (χ3n) is 3.15. The van der Waals surface area contributed by atoms with E-state index in [1.807, 2.05) is 48.5 Å². The number of benzene rings is 2. The molecule has 4 heteroatoms. The average Bonchev–Trinajstić information content (AvgIpc) is 2.54. The third kappa shape index (κ3) is 5.15. The van der Waals surface area contributed by atoms with Crippen molar-refractivity contribution in [3.05, 3.63) is 53.6 Å². The van der Waals surface area contributed by atoms with Gasteiger partial charge in [-0.2, -0.15) is 0 Å². The Labute approximate surface area is 137 Å². The van der Waals surface area contributed by atoms with Crippen LogP contribution in [-0.4, -0.2) is 19.8 Å². The lowest BCUT2D eigenvalue weighted by atomic mass is 10.3. The fourth-order valence-corrected chi connectivity index (χ4v) is 2.16. The maximum Gasteiger partial charge on any atom is 0.142 e. The second kappa shape index (κ2) is 9.21. The van der Waals surface area contributed by atoms with E-state index < -0.39 is 0 Å². The van der Waals surface area contributed by atoms with E-state index in [1.165, 1.54) is 0 Å². The highest BCUT2D eigenvalue weighted by Crippen LogP contribution is 2.25. The summed E-state index contributed by atoms with van der Waals surface area (Å²) in [5, 5.41) is 3.97. The summed E-state index contributed by atoms with van der Waals surface area (Å²) in [5.41, 5.74) is 0.987. The number of ether oxygens (including phenoxy) is 2. The van der Waals surface area contributed by atoms with Gasteiger partial charge in [0.05, 0.1) is 17.3 Å². The topological polar surface area (TPSA) is 30.5 Å². The minimum absolute atomic E-state index is 0.535. The summed E-state index contributed by atoms with van der Waals surface area (Å²) in [7, 11) is 0. The second-order valence-corrected chi connectivity index (χ2v) is 5.31. The minimum atomic E-state index is 0.535. The number of unbranched alkanes of at least 4 members (excludes halogenated alkanes) is 1. The van der Waals surface area contributed by atoms with Crippen LogP contribution in [0, 0.1) is 0 Å². The van der Waals surface area contributed by atoms with Crippen LogP contribution in [0.5, 0.6) is 11.5 Å². The summed E-state index contributed by atoms with van der Waals surface area (Å²) < 4.78 is 11.4. The maximum atomic E-state index is 6.05. The first-order valence-corrected chi connectivity index (χ1v) is 8.02. The number of anilines is 1. The van der Waals surface area contributed by atoms with Gasteiger partial charge in [-0.05, 0) is 30.7 Å². The summed E-state index contributed by atoms with van der Waals surface area (Å²) in [6, 6.07) is 15.4. The summed E-state index contributed by atoms with van der Waals surface area (Å²) in [4.78, 5) is 0. The molecule has 0 atom stereocenters. The molecule has 0 aromatic heterocycles. The van der Waals surface area contributed by atoms with Crippen LogP contribution in [-0.2, 0) is 0 Å². The molecule has 0 saturated carbocycles. The van der Waals surface area contributed by atoms with E-state index in [0.717, 1.165) is 30.9 Å². The lowest BCUT2D eigenvalue weighted by Gasteiger charge is -2.13. The Morgan fingerprint density at radius 3 is 2.36 bits per heavy atom. The minimum Gasteiger partial charge on any atom is -0.491 e. The molecule has 2 rings (SSSR count). The molecule has 1 N–H and O–H groups in total. The van der Waals surface area contributed by atoms with Gasteiger partial charge in [0, 0.05) is 6.54 Å². The quantitative estimate of drug-likeness (QED) is 0.659. The maximum absolute atomic E-state index is 6.05. The Bertz CT molecular complexity index is 575. The molecule has 0 aliphatic heterocycles. The van der Waals surface area contributed by atoms with Crippen molar-refractivity contribution in [2.75, 3.05) is 25.1 Å². The van der Waals surface area contributed by atoms with Gasteiger partial charge in [-0.1, -0.05) is 49.2 Å². The van der Waals surface area contributed by atoms with Crippen LogP contribution in [0.1, 0.15) is 19.8 Å². The molecule has 0 heterocycles. The van der Waals surface area contributed by atoms with E-state index in [9.17, 15) is 0 Å². The van der Waals surface area contributed by atoms with Crippen molar-refractivity contribution in [2.45, 2.75) is 19.8 Å². The van der Waals surface area contributed by atoms with Gasteiger partial charge >= 0.3 is 0 Å². The molecule has 0 amide bonds. The Morgan fingerprint density at radius 2 is 1.59 bits per heavy atom. The van der Waals surface area contributed by atoms with Crippen LogP contribution >= 0.6 is 11.6 Å². The van der Waals surface area contributed by atoms with Crippen LogP contribution in [0.4, 0.5) is 5.69 Å². The molecule has 0 spiro atoms. The number of hydrogen-bond acceptors (Lipinski definition) is 3. The molecule has 0 saturated heterocycles. The highest BCUT2D eigenvalue weighted by atomic mass is 35.5. The summed E-state index contributed by atoms with van der Waals surface area (Å²) in [5.74, 6) is 1.59. The Morgan fingerprint density at radius 1 is 0.909 bits per heavy atom. The fourth-order valence-electron chi connectivity index (χ4n) is 1.97. The Balaban J connectivity index is 1.80. The number of rotatable bonds is 9. The van der Waals surface area contributed by atoms with E-state index in [1.54, 1.807) is 0 Å². The molecular formula is C18H22ClNO2. The van der Waals surface area contributed by atoms with Gasteiger partial charge in [0.2, 0.25) is 0 Å². The van der Waals surface area contributed by atoms with Crippen molar-refractivity contribution in [3.63, 3.8) is 0 Å². The predicted octanol–water partition coefficient (Wildman–Crippen LogP) is 5.01. The van der Waals surface area contributed by atoms with Crippen molar-refractivity contribution in [3.8, 4) is 11.5 Å². The molecular weight excluding hydrogens is 298 g/mol. The van der Waals surface area contributed by atoms with Gasteiger partial charge < -0.3 is 14.8 Å². The molecule has 22 heavy (non-hydrogen) atoms. The number of halogens is 1. The standard InChI is InChI=1S/C18H22ClNO2/c1-2-3-13-21-18-11-7-5-9-16(18)20-12-14-22-17-10-6-4-8-15(17)19/h4-11,20H,2-3,12-14H2,1H3. The van der Waals surface area contributed by atoms with Gasteiger partial charge in [0.1, 0.15) is 18.1 Å². The van der Waals surface area contributed by atoms with E-state index in [4.69, 9.17) is 21.1 Å². The molecule has 0 fully saturated rings. The van der Waals surface area contributed by atoms with Crippen LogP contribution < -0.4 is 14.8 Å². The zero-order chi connectivity index (χ0) is 15.6. The second-order valence-electron chi connectivity index (χ2n) is 4.90. The van der Waals surface area contributed by atoms with Crippen LogP contribution in [0.3, 0.4) is 0 Å². The average molecular weight is 320 g/mol. The van der Waals surface area contributed by atoms with Gasteiger partial charge in [-0.15, -0.1) is 0 Å². The Hall–Kier alpha value is -1.87. The molecule has 2 aromatic rings. The van der Waals surface area contributed by atoms with Gasteiger partial charge in [0.15, 0.2) is 0 Å². The number of hydrogen-bond donors (Lipinski definition) is 1. The van der Waals surface area contributed by atoms with Gasteiger partial charge in [-0.3, -0.25) is 0 Å². The van der Waals surface area contributed by atoms with E-state index in [2.05, 4.69) is 12.2 Å². The van der Waals surface area contributed by atoms with Crippen molar-refractivity contribution >= 4 is 17.3 Å². The summed E-state index contributed by atoms with van der Waals surface area (Å²) in [6.45, 7) is 4.11. The monoisotopic (exact) mass is 319 g/mol. The first-order valence-electron chi connectivity index (χ1n) is 7.64. The van der Waals surface area contributed by atoms with E-state index >= 15 is 0 Å². The SMILES string of the molecule is CCCCOc1ccccc1NCCOc1ccccc1Cl. The van der Waals surface area contributed by atoms with E-state index in [0.29, 0.717) is 23.9 Å². The molecule has 0 aliphatic carbocycles. The van der Waals surface area contributed by atoms with Crippen LogP contribution in [0.25, 0.3) is 0 Å². The highest BCUT2D eigenvalue weighted by molar-refractivity contribution is 6.32. The molecule has 0 aliphatic rings. The van der Waals surface area contributed by atoms with Gasteiger partial charge in [0.25, 0.3) is 0 Å². The smallest absolute Gasteiger partial charge is 0.142 e.